The molecule has 3 aromatic rings. The van der Waals surface area contributed by atoms with Crippen LogP contribution in [0.4, 0.5) is 23.1 Å². The molecule has 0 fully saturated rings. The molecule has 1 heterocycles. The molecule has 0 spiro atoms. The van der Waals surface area contributed by atoms with Gasteiger partial charge in [0.1, 0.15) is 11.6 Å². The number of ether oxygens (including phenoxy) is 1. The van der Waals surface area contributed by atoms with Gasteiger partial charge in [-0.1, -0.05) is 0 Å². The highest BCUT2D eigenvalue weighted by atomic mass is 32.2. The molecule has 1 aromatic heterocycles. The highest BCUT2D eigenvalue weighted by Gasteiger charge is 2.19. The van der Waals surface area contributed by atoms with E-state index in [1.807, 2.05) is 13.0 Å². The first-order valence-electron chi connectivity index (χ1n) is 10.6. The summed E-state index contributed by atoms with van der Waals surface area (Å²) in [6.45, 7) is 7.69. The Morgan fingerprint density at radius 3 is 2.26 bits per heavy atom. The van der Waals surface area contributed by atoms with Crippen molar-refractivity contribution in [3.63, 3.8) is 0 Å². The second-order valence-electron chi connectivity index (χ2n) is 7.40. The number of anilines is 4. The fourth-order valence-electron chi connectivity index (χ4n) is 3.33. The van der Waals surface area contributed by atoms with Crippen LogP contribution in [-0.2, 0) is 10.0 Å². The molecular formula is C23H28N6O4S. The van der Waals surface area contributed by atoms with Crippen molar-refractivity contribution in [2.45, 2.75) is 25.7 Å². The zero-order valence-corrected chi connectivity index (χ0v) is 20.3. The van der Waals surface area contributed by atoms with Gasteiger partial charge in [0.15, 0.2) is 0 Å². The number of rotatable bonds is 10. The van der Waals surface area contributed by atoms with Gasteiger partial charge in [-0.05, 0) is 63.2 Å². The molecule has 0 aliphatic rings. The highest BCUT2D eigenvalue weighted by Crippen LogP contribution is 2.25. The molecule has 0 bridgehead atoms. The number of carbonyl (C=O) groups is 1. The lowest BCUT2D eigenvalue weighted by atomic mass is 10.2. The average Bonchev–Trinajstić information content (AvgIpc) is 2.80. The molecule has 3 rings (SSSR count). The van der Waals surface area contributed by atoms with Gasteiger partial charge in [0.05, 0.1) is 17.6 Å². The summed E-state index contributed by atoms with van der Waals surface area (Å²) < 4.78 is 33.2. The molecule has 0 unspecified atom stereocenters. The maximum Gasteiger partial charge on any atom is 0.261 e. The number of hydrogen-bond acceptors (Lipinski definition) is 8. The minimum absolute atomic E-state index is 0.0211. The van der Waals surface area contributed by atoms with Crippen molar-refractivity contribution in [2.24, 2.45) is 5.73 Å². The van der Waals surface area contributed by atoms with E-state index in [9.17, 15) is 13.2 Å². The number of nitrogens with zero attached hydrogens (tertiary/aromatic N) is 3. The predicted octanol–water partition coefficient (Wildman–Crippen LogP) is 3.28. The third-order valence-corrected chi connectivity index (χ3v) is 6.45. The van der Waals surface area contributed by atoms with E-state index in [1.54, 1.807) is 24.3 Å². The molecule has 0 aliphatic carbocycles. The number of methoxy groups -OCH3 is 1. The molecule has 10 nitrogen and oxygen atoms in total. The third kappa shape index (κ3) is 5.73. The van der Waals surface area contributed by atoms with Gasteiger partial charge < -0.3 is 20.7 Å². The second kappa shape index (κ2) is 10.4. The summed E-state index contributed by atoms with van der Waals surface area (Å²) in [5, 5.41) is 3.15. The van der Waals surface area contributed by atoms with Crippen LogP contribution in [0.2, 0.25) is 0 Å². The SMILES string of the molecule is CCN(CC)c1cc(C)nc(Nc2ccc(NS(=O)(=O)c3ccc(OC)c(C(N)=O)c3)cc2)n1. The first kappa shape index (κ1) is 24.8. The molecule has 4 N–H and O–H groups in total. The lowest BCUT2D eigenvalue weighted by molar-refractivity contribution is 0.0997. The van der Waals surface area contributed by atoms with Crippen LogP contribution in [0.1, 0.15) is 29.9 Å². The van der Waals surface area contributed by atoms with Crippen LogP contribution in [0.25, 0.3) is 0 Å². The molecule has 0 saturated carbocycles. The number of nitrogens with two attached hydrogens (primary N) is 1. The average molecular weight is 485 g/mol. The summed E-state index contributed by atoms with van der Waals surface area (Å²) in [4.78, 5) is 22.6. The van der Waals surface area contributed by atoms with Crippen molar-refractivity contribution in [1.82, 2.24) is 9.97 Å². The van der Waals surface area contributed by atoms with Crippen LogP contribution in [0, 0.1) is 6.92 Å². The molecule has 11 heteroatoms. The summed E-state index contributed by atoms with van der Waals surface area (Å²) in [6, 6.07) is 12.5. The van der Waals surface area contributed by atoms with Crippen LogP contribution in [0.15, 0.2) is 53.4 Å². The van der Waals surface area contributed by atoms with Gasteiger partial charge in [0, 0.05) is 36.2 Å². The number of carbonyl (C=O) groups excluding carboxylic acids is 1. The van der Waals surface area contributed by atoms with Crippen molar-refractivity contribution in [3.8, 4) is 5.75 Å². The van der Waals surface area contributed by atoms with Gasteiger partial charge in [-0.2, -0.15) is 4.98 Å². The Hall–Kier alpha value is -3.86. The van der Waals surface area contributed by atoms with Crippen molar-refractivity contribution < 1.29 is 17.9 Å². The zero-order valence-electron chi connectivity index (χ0n) is 19.5. The molecule has 180 valence electrons. The minimum atomic E-state index is -3.96. The Kier molecular flexibility index (Phi) is 7.57. The van der Waals surface area contributed by atoms with Crippen LogP contribution < -0.4 is 25.4 Å². The van der Waals surface area contributed by atoms with Crippen molar-refractivity contribution in [1.29, 1.82) is 0 Å². The minimum Gasteiger partial charge on any atom is -0.496 e. The van der Waals surface area contributed by atoms with Gasteiger partial charge in [-0.3, -0.25) is 9.52 Å². The molecule has 34 heavy (non-hydrogen) atoms. The smallest absolute Gasteiger partial charge is 0.261 e. The van der Waals surface area contributed by atoms with Crippen molar-refractivity contribution in [3.05, 3.63) is 59.8 Å². The molecule has 0 saturated heterocycles. The Morgan fingerprint density at radius 1 is 1.03 bits per heavy atom. The van der Waals surface area contributed by atoms with Gasteiger partial charge in [0.2, 0.25) is 5.95 Å². The van der Waals surface area contributed by atoms with Crippen LogP contribution >= 0.6 is 0 Å². The van der Waals surface area contributed by atoms with Crippen LogP contribution in [-0.4, -0.2) is 44.5 Å². The molecule has 2 aromatic carbocycles. The zero-order chi connectivity index (χ0) is 24.9. The van der Waals surface area contributed by atoms with Crippen LogP contribution in [0.3, 0.4) is 0 Å². The lowest BCUT2D eigenvalue weighted by Gasteiger charge is -2.20. The number of sulfonamides is 1. The molecule has 1 amide bonds. The van der Waals surface area contributed by atoms with E-state index >= 15 is 0 Å². The number of aromatic nitrogens is 2. The Morgan fingerprint density at radius 2 is 1.68 bits per heavy atom. The monoisotopic (exact) mass is 484 g/mol. The van der Waals surface area contributed by atoms with E-state index in [1.165, 1.54) is 25.3 Å². The summed E-state index contributed by atoms with van der Waals surface area (Å²) in [5.41, 5.74) is 7.18. The van der Waals surface area contributed by atoms with E-state index in [-0.39, 0.29) is 16.2 Å². The summed E-state index contributed by atoms with van der Waals surface area (Å²) in [5.74, 6) is 0.697. The number of primary amides is 1. The lowest BCUT2D eigenvalue weighted by Crippen LogP contribution is -2.23. The van der Waals surface area contributed by atoms with E-state index < -0.39 is 15.9 Å². The fraction of sp³-hybridized carbons (Fsp3) is 0.261. The number of amides is 1. The van der Waals surface area contributed by atoms with Gasteiger partial charge in [-0.25, -0.2) is 13.4 Å². The van der Waals surface area contributed by atoms with Gasteiger partial charge in [0.25, 0.3) is 15.9 Å². The molecular weight excluding hydrogens is 456 g/mol. The van der Waals surface area contributed by atoms with Crippen molar-refractivity contribution in [2.75, 3.05) is 35.1 Å². The molecule has 0 aliphatic heterocycles. The van der Waals surface area contributed by atoms with Gasteiger partial charge >= 0.3 is 0 Å². The second-order valence-corrected chi connectivity index (χ2v) is 9.08. The quantitative estimate of drug-likeness (QED) is 0.398. The topological polar surface area (TPSA) is 140 Å². The highest BCUT2D eigenvalue weighted by molar-refractivity contribution is 7.92. The maximum atomic E-state index is 12.8. The Balaban J connectivity index is 1.78. The first-order valence-corrected chi connectivity index (χ1v) is 12.1. The fourth-order valence-corrected chi connectivity index (χ4v) is 4.41. The summed E-state index contributed by atoms with van der Waals surface area (Å²) in [6.07, 6.45) is 0. The number of hydrogen-bond donors (Lipinski definition) is 3. The van der Waals surface area contributed by atoms with E-state index in [2.05, 4.69) is 38.8 Å². The van der Waals surface area contributed by atoms with Crippen LogP contribution in [0.5, 0.6) is 5.75 Å². The predicted molar refractivity (Wildman–Crippen MR) is 132 cm³/mol. The standard InChI is InChI=1S/C23H28N6O4S/c1-5-29(6-2)21-13-15(3)25-23(27-21)26-16-7-9-17(10-8-16)28-34(31,32)18-11-12-20(33-4)19(14-18)22(24)30/h7-14,28H,5-6H2,1-4H3,(H2,24,30)(H,25,26,27). The van der Waals surface area contributed by atoms with Crippen molar-refractivity contribution >= 4 is 39.1 Å². The number of aryl methyl sites for hydroxylation is 1. The summed E-state index contributed by atoms with van der Waals surface area (Å²) in [7, 11) is -2.59. The normalized spacial score (nSPS) is 11.1. The maximum absolute atomic E-state index is 12.8. The van der Waals surface area contributed by atoms with E-state index in [4.69, 9.17) is 10.5 Å². The summed E-state index contributed by atoms with van der Waals surface area (Å²) >= 11 is 0. The largest absolute Gasteiger partial charge is 0.496 e. The van der Waals surface area contributed by atoms with E-state index in [0.29, 0.717) is 17.3 Å². The molecule has 0 radical (unpaired) electrons. The number of benzene rings is 2. The first-order chi connectivity index (χ1) is 16.2. The Bertz CT molecular complexity index is 1280. The van der Waals surface area contributed by atoms with Gasteiger partial charge in [-0.15, -0.1) is 0 Å². The third-order valence-electron chi connectivity index (χ3n) is 5.07. The number of nitrogens with one attached hydrogen (secondary N) is 2. The molecule has 0 atom stereocenters. The van der Waals surface area contributed by atoms with E-state index in [0.717, 1.165) is 24.6 Å². The Labute approximate surface area is 199 Å².